The van der Waals surface area contributed by atoms with Crippen LogP contribution in [0.3, 0.4) is 0 Å². The van der Waals surface area contributed by atoms with Crippen molar-refractivity contribution in [3.8, 4) is 0 Å². The van der Waals surface area contributed by atoms with Gasteiger partial charge in [-0.25, -0.2) is 9.78 Å². The Kier molecular flexibility index (Phi) is 5.50. The van der Waals surface area contributed by atoms with E-state index in [9.17, 15) is 14.4 Å². The number of carbonyl (C=O) groups excluding carboxylic acids is 1. The van der Waals surface area contributed by atoms with E-state index in [4.69, 9.17) is 15.6 Å². The van der Waals surface area contributed by atoms with Gasteiger partial charge in [0.1, 0.15) is 4.70 Å². The topological polar surface area (TPSA) is 129 Å². The number of ether oxygens (including phenoxy) is 1. The molecule has 0 unspecified atom stereocenters. The Morgan fingerprint density at radius 1 is 1.39 bits per heavy atom. The van der Waals surface area contributed by atoms with Crippen molar-refractivity contribution in [2.24, 2.45) is 7.05 Å². The van der Waals surface area contributed by atoms with Crippen LogP contribution in [0.1, 0.15) is 19.3 Å². The molecule has 0 aliphatic heterocycles. The zero-order valence-corrected chi connectivity index (χ0v) is 13.5. The number of hydrogen-bond acceptors (Lipinski definition) is 8. The van der Waals surface area contributed by atoms with Gasteiger partial charge < -0.3 is 15.6 Å². The van der Waals surface area contributed by atoms with Crippen molar-refractivity contribution in [1.82, 2.24) is 14.1 Å². The Morgan fingerprint density at radius 2 is 2.13 bits per heavy atom. The monoisotopic (exact) mass is 342 g/mol. The number of esters is 1. The van der Waals surface area contributed by atoms with Crippen LogP contribution in [0.2, 0.25) is 0 Å². The summed E-state index contributed by atoms with van der Waals surface area (Å²) in [4.78, 5) is 40.0. The van der Waals surface area contributed by atoms with Gasteiger partial charge in [-0.05, 0) is 6.42 Å². The molecule has 10 heteroatoms. The quantitative estimate of drug-likeness (QED) is 0.510. The lowest BCUT2D eigenvalue weighted by atomic mass is 10.3. The number of anilines is 1. The number of nitrogen functional groups attached to an aromatic ring is 1. The van der Waals surface area contributed by atoms with Crippen LogP contribution in [0.15, 0.2) is 9.59 Å². The molecule has 2 aromatic heterocycles. The fourth-order valence-corrected chi connectivity index (χ4v) is 2.89. The minimum atomic E-state index is -0.499. The molecule has 2 heterocycles. The van der Waals surface area contributed by atoms with Gasteiger partial charge in [0.05, 0.1) is 6.61 Å². The fraction of sp³-hybridized carbons (Fsp3) is 0.538. The summed E-state index contributed by atoms with van der Waals surface area (Å²) in [5, 5.41) is 8.82. The second kappa shape index (κ2) is 7.38. The smallest absolute Gasteiger partial charge is 0.332 e. The van der Waals surface area contributed by atoms with E-state index < -0.39 is 17.2 Å². The van der Waals surface area contributed by atoms with Crippen LogP contribution in [-0.2, 0) is 23.1 Å². The molecule has 0 radical (unpaired) electrons. The Bertz CT molecular complexity index is 822. The summed E-state index contributed by atoms with van der Waals surface area (Å²) in [6.07, 6.45) is 0.770. The lowest BCUT2D eigenvalue weighted by Gasteiger charge is -2.07. The van der Waals surface area contributed by atoms with Gasteiger partial charge in [-0.15, -0.1) is 0 Å². The van der Waals surface area contributed by atoms with Crippen LogP contribution in [0, 0.1) is 0 Å². The molecule has 2 rings (SSSR count). The number of thiazole rings is 1. The van der Waals surface area contributed by atoms with Crippen molar-refractivity contribution >= 4 is 32.8 Å². The third kappa shape index (κ3) is 3.77. The zero-order chi connectivity index (χ0) is 17.0. The van der Waals surface area contributed by atoms with E-state index in [-0.39, 0.29) is 37.0 Å². The highest BCUT2D eigenvalue weighted by Gasteiger charge is 2.15. The van der Waals surface area contributed by atoms with Crippen molar-refractivity contribution in [2.75, 3.05) is 18.9 Å². The average Bonchev–Trinajstić information content (AvgIpc) is 2.91. The van der Waals surface area contributed by atoms with E-state index in [0.717, 1.165) is 15.9 Å². The standard InChI is InChI=1S/C13H18N4O5S/c1-16-10-9(23-12(14)15-10)11(20)17(13(16)21)5-2-4-8(19)22-7-3-6-18/h18H,2-7H2,1H3,(H2,14,15). The fourth-order valence-electron chi connectivity index (χ4n) is 2.08. The van der Waals surface area contributed by atoms with Crippen LogP contribution < -0.4 is 17.0 Å². The minimum Gasteiger partial charge on any atom is -0.466 e. The molecule has 0 bridgehead atoms. The second-order valence-corrected chi connectivity index (χ2v) is 5.94. The summed E-state index contributed by atoms with van der Waals surface area (Å²) in [7, 11) is 1.52. The van der Waals surface area contributed by atoms with Crippen molar-refractivity contribution in [3.63, 3.8) is 0 Å². The first-order valence-corrected chi connectivity index (χ1v) is 7.89. The molecule has 0 aliphatic carbocycles. The number of aromatic nitrogens is 3. The van der Waals surface area contributed by atoms with Gasteiger partial charge in [-0.2, -0.15) is 0 Å². The summed E-state index contributed by atoms with van der Waals surface area (Å²) < 4.78 is 7.54. The first kappa shape index (κ1) is 17.2. The maximum absolute atomic E-state index is 12.3. The first-order valence-electron chi connectivity index (χ1n) is 7.08. The van der Waals surface area contributed by atoms with Crippen LogP contribution in [0.25, 0.3) is 10.3 Å². The summed E-state index contributed by atoms with van der Waals surface area (Å²) >= 11 is 1.03. The molecule has 0 saturated heterocycles. The predicted octanol–water partition coefficient (Wildman–Crippen LogP) is -0.555. The molecule has 3 N–H and O–H groups in total. The number of nitrogens with two attached hydrogens (primary N) is 1. The SMILES string of the molecule is Cn1c(=O)n(CCCC(=O)OCCCO)c(=O)c2sc(N)nc21. The molecule has 0 aromatic carbocycles. The Morgan fingerprint density at radius 3 is 2.83 bits per heavy atom. The number of aliphatic hydroxyl groups excluding tert-OH is 1. The Balaban J connectivity index is 2.10. The van der Waals surface area contributed by atoms with Gasteiger partial charge in [0.15, 0.2) is 10.8 Å². The lowest BCUT2D eigenvalue weighted by molar-refractivity contribution is -0.144. The minimum absolute atomic E-state index is 0.0449. The molecule has 0 aliphatic rings. The van der Waals surface area contributed by atoms with Crippen molar-refractivity contribution in [1.29, 1.82) is 0 Å². The predicted molar refractivity (Wildman–Crippen MR) is 85.4 cm³/mol. The van der Waals surface area contributed by atoms with Gasteiger partial charge in [0.25, 0.3) is 5.56 Å². The van der Waals surface area contributed by atoms with Crippen LogP contribution in [0.5, 0.6) is 0 Å². The van der Waals surface area contributed by atoms with E-state index in [0.29, 0.717) is 17.5 Å². The lowest BCUT2D eigenvalue weighted by Crippen LogP contribution is -2.38. The molecular formula is C13H18N4O5S. The highest BCUT2D eigenvalue weighted by Crippen LogP contribution is 2.18. The van der Waals surface area contributed by atoms with E-state index >= 15 is 0 Å². The molecule has 126 valence electrons. The summed E-state index contributed by atoms with van der Waals surface area (Å²) in [5.41, 5.74) is 4.91. The molecule has 2 aromatic rings. The largest absolute Gasteiger partial charge is 0.466 e. The van der Waals surface area contributed by atoms with E-state index in [1.165, 1.54) is 11.6 Å². The van der Waals surface area contributed by atoms with Gasteiger partial charge in [-0.3, -0.25) is 18.7 Å². The van der Waals surface area contributed by atoms with Gasteiger partial charge in [-0.1, -0.05) is 11.3 Å². The van der Waals surface area contributed by atoms with Crippen molar-refractivity contribution in [2.45, 2.75) is 25.8 Å². The third-order valence-electron chi connectivity index (χ3n) is 3.23. The number of hydrogen-bond donors (Lipinski definition) is 2. The molecule has 23 heavy (non-hydrogen) atoms. The zero-order valence-electron chi connectivity index (χ0n) is 12.7. The molecule has 0 saturated carbocycles. The van der Waals surface area contributed by atoms with Crippen LogP contribution in [-0.4, -0.2) is 38.4 Å². The van der Waals surface area contributed by atoms with Crippen molar-refractivity contribution < 1.29 is 14.6 Å². The highest BCUT2D eigenvalue weighted by molar-refractivity contribution is 7.21. The number of aryl methyl sites for hydroxylation is 1. The number of nitrogens with zero attached hydrogens (tertiary/aromatic N) is 3. The highest BCUT2D eigenvalue weighted by atomic mass is 32.1. The Hall–Kier alpha value is -2.20. The number of fused-ring (bicyclic) bond motifs is 1. The Labute approximate surface area is 134 Å². The number of rotatable bonds is 7. The number of carbonyl (C=O) groups is 1. The van der Waals surface area contributed by atoms with E-state index in [1.807, 2.05) is 0 Å². The third-order valence-corrected chi connectivity index (χ3v) is 4.09. The molecule has 0 spiro atoms. The van der Waals surface area contributed by atoms with E-state index in [2.05, 4.69) is 4.98 Å². The normalized spacial score (nSPS) is 11.0. The first-order chi connectivity index (χ1) is 11.0. The second-order valence-electron chi connectivity index (χ2n) is 4.90. The van der Waals surface area contributed by atoms with Gasteiger partial charge in [0, 0.05) is 33.0 Å². The molecule has 9 nitrogen and oxygen atoms in total. The molecule has 0 atom stereocenters. The maximum Gasteiger partial charge on any atom is 0.332 e. The summed E-state index contributed by atoms with van der Waals surface area (Å²) in [6.45, 7) is 0.216. The van der Waals surface area contributed by atoms with E-state index in [1.54, 1.807) is 0 Å². The molecule has 0 fully saturated rings. The number of aliphatic hydroxyl groups is 1. The van der Waals surface area contributed by atoms with Crippen molar-refractivity contribution in [3.05, 3.63) is 20.8 Å². The summed E-state index contributed by atoms with van der Waals surface area (Å²) in [5.74, 6) is -0.425. The molecular weight excluding hydrogens is 324 g/mol. The van der Waals surface area contributed by atoms with Gasteiger partial charge in [0.2, 0.25) is 0 Å². The summed E-state index contributed by atoms with van der Waals surface area (Å²) in [6, 6.07) is 0. The average molecular weight is 342 g/mol. The molecule has 0 amide bonds. The van der Waals surface area contributed by atoms with Gasteiger partial charge >= 0.3 is 11.7 Å². The van der Waals surface area contributed by atoms with Crippen LogP contribution >= 0.6 is 11.3 Å². The maximum atomic E-state index is 12.3. The van der Waals surface area contributed by atoms with Crippen LogP contribution in [0.4, 0.5) is 5.13 Å².